The number of hydrogen-bond donors (Lipinski definition) is 2. The third kappa shape index (κ3) is 2.22. The van der Waals surface area contributed by atoms with E-state index in [2.05, 4.69) is 48.7 Å². The van der Waals surface area contributed by atoms with Crippen molar-refractivity contribution in [1.29, 1.82) is 0 Å². The normalized spacial score (nSPS) is 23.3. The second kappa shape index (κ2) is 5.13. The van der Waals surface area contributed by atoms with E-state index in [0.717, 1.165) is 34.9 Å². The molecule has 0 saturated heterocycles. The molecular weight excluding hydrogens is 292 g/mol. The van der Waals surface area contributed by atoms with Gasteiger partial charge in [-0.25, -0.2) is 0 Å². The Hall–Kier alpha value is -1.81. The number of rotatable bonds is 1. The van der Waals surface area contributed by atoms with Crippen LogP contribution in [-0.4, -0.2) is 5.91 Å². The van der Waals surface area contributed by atoms with E-state index < -0.39 is 0 Å². The highest BCUT2D eigenvalue weighted by molar-refractivity contribution is 7.16. The minimum Gasteiger partial charge on any atom is -0.353 e. The second-order valence-electron chi connectivity index (χ2n) is 6.52. The summed E-state index contributed by atoms with van der Waals surface area (Å²) in [5.74, 6) is 0.801. The van der Waals surface area contributed by atoms with Crippen LogP contribution in [0.15, 0.2) is 24.3 Å². The average molecular weight is 312 g/mol. The summed E-state index contributed by atoms with van der Waals surface area (Å²) in [5.41, 5.74) is 4.51. The van der Waals surface area contributed by atoms with Gasteiger partial charge in [0.25, 0.3) is 5.91 Å². The van der Waals surface area contributed by atoms with Crippen molar-refractivity contribution in [3.8, 4) is 0 Å². The fraction of sp³-hybridized carbons (Fsp3) is 0.389. The van der Waals surface area contributed by atoms with Gasteiger partial charge in [-0.15, -0.1) is 11.3 Å². The third-order valence-electron chi connectivity index (χ3n) is 4.70. The first-order valence-corrected chi connectivity index (χ1v) is 8.72. The van der Waals surface area contributed by atoms with E-state index in [1.807, 2.05) is 0 Å². The summed E-state index contributed by atoms with van der Waals surface area (Å²) in [6.45, 7) is 4.37. The summed E-state index contributed by atoms with van der Waals surface area (Å²) < 4.78 is 0. The number of fused-ring (bicyclic) bond motifs is 3. The van der Waals surface area contributed by atoms with Gasteiger partial charge in [-0.05, 0) is 43.2 Å². The van der Waals surface area contributed by atoms with E-state index >= 15 is 0 Å². The van der Waals surface area contributed by atoms with Gasteiger partial charge in [0, 0.05) is 4.88 Å². The van der Waals surface area contributed by atoms with Gasteiger partial charge in [-0.2, -0.15) is 0 Å². The summed E-state index contributed by atoms with van der Waals surface area (Å²) in [6, 6.07) is 8.32. The van der Waals surface area contributed by atoms with Gasteiger partial charge in [0.15, 0.2) is 0 Å². The smallest absolute Gasteiger partial charge is 0.256 e. The maximum Gasteiger partial charge on any atom is 0.256 e. The minimum atomic E-state index is -0.127. The van der Waals surface area contributed by atoms with Gasteiger partial charge >= 0.3 is 0 Å². The van der Waals surface area contributed by atoms with E-state index in [1.54, 1.807) is 11.3 Å². The Morgan fingerprint density at radius 2 is 1.95 bits per heavy atom. The molecule has 0 radical (unpaired) electrons. The van der Waals surface area contributed by atoms with Crippen LogP contribution < -0.4 is 10.6 Å². The largest absolute Gasteiger partial charge is 0.353 e. The van der Waals surface area contributed by atoms with E-state index in [4.69, 9.17) is 0 Å². The van der Waals surface area contributed by atoms with Gasteiger partial charge < -0.3 is 10.6 Å². The fourth-order valence-electron chi connectivity index (χ4n) is 3.39. The molecular formula is C18H20N2OS. The molecule has 2 aromatic rings. The van der Waals surface area contributed by atoms with Crippen molar-refractivity contribution in [1.82, 2.24) is 5.32 Å². The summed E-state index contributed by atoms with van der Waals surface area (Å²) in [5, 5.41) is 7.68. The highest BCUT2D eigenvalue weighted by Gasteiger charge is 2.32. The molecule has 22 heavy (non-hydrogen) atoms. The molecule has 0 saturated carbocycles. The van der Waals surface area contributed by atoms with Gasteiger partial charge in [-0.1, -0.05) is 36.8 Å². The van der Waals surface area contributed by atoms with E-state index in [1.165, 1.54) is 22.4 Å². The van der Waals surface area contributed by atoms with Crippen LogP contribution in [-0.2, 0) is 12.8 Å². The molecule has 114 valence electrons. The lowest BCUT2D eigenvalue weighted by atomic mass is 9.88. The number of hydrogen-bond acceptors (Lipinski definition) is 3. The van der Waals surface area contributed by atoms with Crippen LogP contribution in [0.3, 0.4) is 0 Å². The molecule has 2 aliphatic rings. The number of anilines is 1. The molecule has 2 N–H and O–H groups in total. The third-order valence-corrected chi connectivity index (χ3v) is 5.89. The first kappa shape index (κ1) is 13.8. The molecule has 1 aliphatic heterocycles. The molecule has 1 amide bonds. The number of aryl methyl sites for hydroxylation is 1. The van der Waals surface area contributed by atoms with Crippen molar-refractivity contribution in [3.05, 3.63) is 51.4 Å². The van der Waals surface area contributed by atoms with Crippen LogP contribution in [0.1, 0.15) is 51.4 Å². The number of thiophene rings is 1. The summed E-state index contributed by atoms with van der Waals surface area (Å²) >= 11 is 1.77. The Bertz CT molecular complexity index is 732. The second-order valence-corrected chi connectivity index (χ2v) is 7.62. The van der Waals surface area contributed by atoms with Crippen molar-refractivity contribution >= 4 is 22.2 Å². The SMILES string of the molecule is Cc1ccc([C@H]2NC(=O)c3c(sc4c3CC[C@H](C)C4)N2)cc1. The van der Waals surface area contributed by atoms with Crippen molar-refractivity contribution in [3.63, 3.8) is 0 Å². The Balaban J connectivity index is 1.69. The molecule has 2 atom stereocenters. The van der Waals surface area contributed by atoms with Crippen LogP contribution in [0.5, 0.6) is 0 Å². The minimum absolute atomic E-state index is 0.0754. The zero-order valence-corrected chi connectivity index (χ0v) is 13.7. The predicted molar refractivity (Wildman–Crippen MR) is 90.5 cm³/mol. The van der Waals surface area contributed by atoms with Crippen LogP contribution in [0.4, 0.5) is 5.00 Å². The number of carbonyl (C=O) groups is 1. The predicted octanol–water partition coefficient (Wildman–Crippen LogP) is 4.04. The van der Waals surface area contributed by atoms with E-state index in [0.29, 0.717) is 0 Å². The maximum absolute atomic E-state index is 12.6. The Labute approximate surface area is 134 Å². The molecule has 4 rings (SSSR count). The highest BCUT2D eigenvalue weighted by Crippen LogP contribution is 2.42. The number of carbonyl (C=O) groups excluding carboxylic acids is 1. The van der Waals surface area contributed by atoms with Gasteiger partial charge in [0.1, 0.15) is 11.2 Å². The van der Waals surface area contributed by atoms with E-state index in [-0.39, 0.29) is 12.1 Å². The van der Waals surface area contributed by atoms with Gasteiger partial charge in [-0.3, -0.25) is 4.79 Å². The average Bonchev–Trinajstić information content (AvgIpc) is 2.85. The van der Waals surface area contributed by atoms with Gasteiger partial charge in [0.2, 0.25) is 0 Å². The van der Waals surface area contributed by atoms with Gasteiger partial charge in [0.05, 0.1) is 5.56 Å². The van der Waals surface area contributed by atoms with Crippen molar-refractivity contribution < 1.29 is 4.79 Å². The summed E-state index contributed by atoms with van der Waals surface area (Å²) in [4.78, 5) is 14.0. The lowest BCUT2D eigenvalue weighted by molar-refractivity contribution is 0.0935. The molecule has 1 aromatic carbocycles. The molecule has 1 aromatic heterocycles. The zero-order valence-electron chi connectivity index (χ0n) is 12.9. The Morgan fingerprint density at radius 3 is 2.73 bits per heavy atom. The number of amides is 1. The Morgan fingerprint density at radius 1 is 1.18 bits per heavy atom. The number of nitrogens with one attached hydrogen (secondary N) is 2. The monoisotopic (exact) mass is 312 g/mol. The van der Waals surface area contributed by atoms with Crippen molar-refractivity contribution in [2.45, 2.75) is 39.3 Å². The van der Waals surface area contributed by atoms with E-state index in [9.17, 15) is 4.79 Å². The maximum atomic E-state index is 12.6. The standard InChI is InChI=1S/C18H20N2OS/c1-10-3-6-12(7-4-10)16-19-17(21)15-13-8-5-11(2)9-14(13)22-18(15)20-16/h3-4,6-7,11,16,20H,5,8-9H2,1-2H3,(H,19,21)/t11-,16-/m0/s1. The molecule has 4 heteroatoms. The topological polar surface area (TPSA) is 41.1 Å². The zero-order chi connectivity index (χ0) is 15.3. The lowest BCUT2D eigenvalue weighted by Gasteiger charge is -2.27. The number of benzene rings is 1. The Kier molecular flexibility index (Phi) is 3.22. The molecule has 0 spiro atoms. The van der Waals surface area contributed by atoms with Crippen molar-refractivity contribution in [2.24, 2.45) is 5.92 Å². The molecule has 2 heterocycles. The molecule has 0 fully saturated rings. The summed E-state index contributed by atoms with van der Waals surface area (Å²) in [7, 11) is 0. The van der Waals surface area contributed by atoms with Crippen molar-refractivity contribution in [2.75, 3.05) is 5.32 Å². The first-order chi connectivity index (χ1) is 10.6. The molecule has 0 bridgehead atoms. The highest BCUT2D eigenvalue weighted by atomic mass is 32.1. The lowest BCUT2D eigenvalue weighted by Crippen LogP contribution is -2.38. The molecule has 1 aliphatic carbocycles. The molecule has 3 nitrogen and oxygen atoms in total. The fourth-order valence-corrected chi connectivity index (χ4v) is 4.82. The van der Waals surface area contributed by atoms with Crippen LogP contribution in [0.25, 0.3) is 0 Å². The van der Waals surface area contributed by atoms with Crippen LogP contribution >= 0.6 is 11.3 Å². The van der Waals surface area contributed by atoms with Crippen LogP contribution in [0.2, 0.25) is 0 Å². The molecule has 0 unspecified atom stereocenters. The van der Waals surface area contributed by atoms with Crippen LogP contribution in [0, 0.1) is 12.8 Å². The first-order valence-electron chi connectivity index (χ1n) is 7.90. The summed E-state index contributed by atoms with van der Waals surface area (Å²) in [6.07, 6.45) is 3.20. The quantitative estimate of drug-likeness (QED) is 0.834.